The topological polar surface area (TPSA) is 69.9 Å². The molecule has 2 amide bonds. The molecule has 25 heavy (non-hydrogen) atoms. The molecule has 1 unspecified atom stereocenters. The van der Waals surface area contributed by atoms with Gasteiger partial charge in [-0.1, -0.05) is 32.6 Å². The second-order valence-electron chi connectivity index (χ2n) is 7.29. The average molecular weight is 375 g/mol. The standard InChI is InChI=1S/C18H34N4O2.ClH/c1-3-7-16(19)18(24)22-12-10-21(11-13-22)14-17(23)20(2)15-8-5-4-6-9-15;/h15-16H,3-14,19H2,1-2H3;1H. The van der Waals surface area contributed by atoms with Crippen molar-refractivity contribution >= 4 is 24.2 Å². The summed E-state index contributed by atoms with van der Waals surface area (Å²) in [6, 6.07) is 0.0433. The molecule has 2 N–H and O–H groups in total. The molecule has 0 aromatic heterocycles. The van der Waals surface area contributed by atoms with Crippen molar-refractivity contribution in [3.63, 3.8) is 0 Å². The summed E-state index contributed by atoms with van der Waals surface area (Å²) in [5.74, 6) is 0.270. The number of piperazine rings is 1. The van der Waals surface area contributed by atoms with Crippen LogP contribution in [0, 0.1) is 0 Å². The molecular weight excluding hydrogens is 340 g/mol. The highest BCUT2D eigenvalue weighted by Gasteiger charge is 2.27. The van der Waals surface area contributed by atoms with Crippen LogP contribution in [0.5, 0.6) is 0 Å². The number of likely N-dealkylation sites (N-methyl/N-ethyl adjacent to an activating group) is 1. The predicted molar refractivity (Wildman–Crippen MR) is 103 cm³/mol. The van der Waals surface area contributed by atoms with E-state index in [4.69, 9.17) is 5.73 Å². The van der Waals surface area contributed by atoms with Gasteiger partial charge < -0.3 is 15.5 Å². The van der Waals surface area contributed by atoms with Gasteiger partial charge in [-0.25, -0.2) is 0 Å². The fraction of sp³-hybridized carbons (Fsp3) is 0.889. The minimum Gasteiger partial charge on any atom is -0.342 e. The molecule has 0 spiro atoms. The van der Waals surface area contributed by atoms with Gasteiger partial charge >= 0.3 is 0 Å². The highest BCUT2D eigenvalue weighted by atomic mass is 35.5. The molecule has 146 valence electrons. The van der Waals surface area contributed by atoms with E-state index in [9.17, 15) is 9.59 Å². The molecule has 6 nitrogen and oxygen atoms in total. The molecule has 0 aromatic rings. The molecule has 1 heterocycles. The zero-order valence-electron chi connectivity index (χ0n) is 15.8. The Labute approximate surface area is 158 Å². The molecule has 1 aliphatic heterocycles. The summed E-state index contributed by atoms with van der Waals surface area (Å²) < 4.78 is 0. The lowest BCUT2D eigenvalue weighted by Gasteiger charge is -2.37. The number of nitrogens with two attached hydrogens (primary N) is 1. The molecule has 7 heteroatoms. The monoisotopic (exact) mass is 374 g/mol. The molecule has 2 rings (SSSR count). The molecule has 2 fully saturated rings. The Balaban J connectivity index is 0.00000312. The van der Waals surface area contributed by atoms with Gasteiger partial charge in [0, 0.05) is 39.3 Å². The molecule has 1 atom stereocenters. The summed E-state index contributed by atoms with van der Waals surface area (Å²) in [7, 11) is 1.95. The number of hydrogen-bond acceptors (Lipinski definition) is 4. The summed E-state index contributed by atoms with van der Waals surface area (Å²) in [5.41, 5.74) is 5.93. The second-order valence-corrected chi connectivity index (χ2v) is 7.29. The zero-order valence-corrected chi connectivity index (χ0v) is 16.6. The molecule has 2 aliphatic rings. The van der Waals surface area contributed by atoms with E-state index in [1.807, 2.05) is 23.8 Å². The van der Waals surface area contributed by atoms with E-state index in [2.05, 4.69) is 4.90 Å². The number of carbonyl (C=O) groups excluding carboxylic acids is 2. The van der Waals surface area contributed by atoms with Crippen LogP contribution in [-0.2, 0) is 9.59 Å². The van der Waals surface area contributed by atoms with E-state index >= 15 is 0 Å². The summed E-state index contributed by atoms with van der Waals surface area (Å²) in [5, 5.41) is 0. The van der Waals surface area contributed by atoms with Crippen molar-refractivity contribution in [2.75, 3.05) is 39.8 Å². The minimum absolute atomic E-state index is 0. The van der Waals surface area contributed by atoms with Crippen LogP contribution < -0.4 is 5.73 Å². The SMILES string of the molecule is CCCC(N)C(=O)N1CCN(CC(=O)N(C)C2CCCCC2)CC1.Cl. The van der Waals surface area contributed by atoms with Gasteiger partial charge in [0.2, 0.25) is 11.8 Å². The van der Waals surface area contributed by atoms with Crippen molar-refractivity contribution in [3.05, 3.63) is 0 Å². The third kappa shape index (κ3) is 6.42. The van der Waals surface area contributed by atoms with E-state index < -0.39 is 0 Å². The number of halogens is 1. The number of carbonyl (C=O) groups is 2. The molecular formula is C18H35ClN4O2. The maximum Gasteiger partial charge on any atom is 0.239 e. The zero-order chi connectivity index (χ0) is 17.5. The molecule has 0 bridgehead atoms. The summed E-state index contributed by atoms with van der Waals surface area (Å²) in [6.45, 7) is 5.38. The Bertz CT molecular complexity index is 421. The van der Waals surface area contributed by atoms with Crippen LogP contribution in [0.1, 0.15) is 51.9 Å². The Morgan fingerprint density at radius 3 is 2.28 bits per heavy atom. The lowest BCUT2D eigenvalue weighted by molar-refractivity contribution is -0.136. The Kier molecular flexibility index (Phi) is 9.75. The van der Waals surface area contributed by atoms with Gasteiger partial charge in [-0.15, -0.1) is 12.4 Å². The van der Waals surface area contributed by atoms with Crippen LogP contribution in [0.15, 0.2) is 0 Å². The van der Waals surface area contributed by atoms with E-state index in [-0.39, 0.29) is 30.3 Å². The van der Waals surface area contributed by atoms with E-state index in [1.54, 1.807) is 0 Å². The number of rotatable bonds is 6. The van der Waals surface area contributed by atoms with Gasteiger partial charge in [-0.2, -0.15) is 0 Å². The first-order valence-corrected chi connectivity index (χ1v) is 9.55. The van der Waals surface area contributed by atoms with Crippen LogP contribution in [-0.4, -0.2) is 78.4 Å². The van der Waals surface area contributed by atoms with Crippen molar-refractivity contribution in [3.8, 4) is 0 Å². The van der Waals surface area contributed by atoms with Crippen LogP contribution in [0.4, 0.5) is 0 Å². The molecule has 1 aliphatic carbocycles. The van der Waals surface area contributed by atoms with Gasteiger partial charge in [0.05, 0.1) is 12.6 Å². The fourth-order valence-corrected chi connectivity index (χ4v) is 3.77. The first-order valence-electron chi connectivity index (χ1n) is 9.55. The summed E-state index contributed by atoms with van der Waals surface area (Å²) in [6.07, 6.45) is 7.72. The second kappa shape index (κ2) is 11.0. The Hall–Kier alpha value is -0.850. The van der Waals surface area contributed by atoms with Crippen LogP contribution in [0.25, 0.3) is 0 Å². The largest absolute Gasteiger partial charge is 0.342 e. The van der Waals surface area contributed by atoms with E-state index in [0.717, 1.165) is 38.8 Å². The lowest BCUT2D eigenvalue weighted by atomic mass is 9.94. The maximum absolute atomic E-state index is 12.5. The minimum atomic E-state index is -0.374. The van der Waals surface area contributed by atoms with Gasteiger partial charge in [0.1, 0.15) is 0 Å². The summed E-state index contributed by atoms with van der Waals surface area (Å²) in [4.78, 5) is 30.7. The van der Waals surface area contributed by atoms with Gasteiger partial charge in [-0.05, 0) is 19.3 Å². The highest BCUT2D eigenvalue weighted by Crippen LogP contribution is 2.21. The third-order valence-corrected chi connectivity index (χ3v) is 5.48. The smallest absolute Gasteiger partial charge is 0.239 e. The van der Waals surface area contributed by atoms with Gasteiger partial charge in [-0.3, -0.25) is 14.5 Å². The molecule has 1 saturated carbocycles. The van der Waals surface area contributed by atoms with Crippen LogP contribution in [0.3, 0.4) is 0 Å². The fourth-order valence-electron chi connectivity index (χ4n) is 3.77. The lowest BCUT2D eigenvalue weighted by Crippen LogP contribution is -2.55. The molecule has 1 saturated heterocycles. The number of nitrogens with zero attached hydrogens (tertiary/aromatic N) is 3. The van der Waals surface area contributed by atoms with Crippen LogP contribution >= 0.6 is 12.4 Å². The van der Waals surface area contributed by atoms with Crippen molar-refractivity contribution in [1.82, 2.24) is 14.7 Å². The van der Waals surface area contributed by atoms with Crippen LogP contribution in [0.2, 0.25) is 0 Å². The first kappa shape index (κ1) is 22.2. The quantitative estimate of drug-likeness (QED) is 0.764. The Morgan fingerprint density at radius 1 is 1.12 bits per heavy atom. The number of amides is 2. The normalized spacial score (nSPS) is 20.7. The van der Waals surface area contributed by atoms with Crippen molar-refractivity contribution < 1.29 is 9.59 Å². The van der Waals surface area contributed by atoms with Crippen molar-refractivity contribution in [2.45, 2.75) is 64.0 Å². The first-order chi connectivity index (χ1) is 11.5. The Morgan fingerprint density at radius 2 is 1.72 bits per heavy atom. The third-order valence-electron chi connectivity index (χ3n) is 5.48. The highest BCUT2D eigenvalue weighted by molar-refractivity contribution is 5.85. The van der Waals surface area contributed by atoms with Gasteiger partial charge in [0.25, 0.3) is 0 Å². The van der Waals surface area contributed by atoms with Crippen molar-refractivity contribution in [2.24, 2.45) is 5.73 Å². The molecule has 0 radical (unpaired) electrons. The van der Waals surface area contributed by atoms with Gasteiger partial charge in [0.15, 0.2) is 0 Å². The summed E-state index contributed by atoms with van der Waals surface area (Å²) >= 11 is 0. The predicted octanol–water partition coefficient (Wildman–Crippen LogP) is 1.47. The maximum atomic E-state index is 12.5. The average Bonchev–Trinajstić information content (AvgIpc) is 2.62. The number of hydrogen-bond donors (Lipinski definition) is 1. The van der Waals surface area contributed by atoms with E-state index in [0.29, 0.717) is 25.7 Å². The van der Waals surface area contributed by atoms with E-state index in [1.165, 1.54) is 19.3 Å². The van der Waals surface area contributed by atoms with Crippen molar-refractivity contribution in [1.29, 1.82) is 0 Å². The molecule has 0 aromatic carbocycles.